The highest BCUT2D eigenvalue weighted by Crippen LogP contribution is 2.37. The van der Waals surface area contributed by atoms with Gasteiger partial charge < -0.3 is 9.84 Å². The molecule has 7 heteroatoms. The number of nitrogens with one attached hydrogen (secondary N) is 1. The van der Waals surface area contributed by atoms with Gasteiger partial charge in [-0.1, -0.05) is 50.2 Å². The Bertz CT molecular complexity index is 1150. The fraction of sp³-hybridized carbons (Fsp3) is 0.346. The second-order valence-electron chi connectivity index (χ2n) is 8.63. The molecular weight excluding hydrogens is 432 g/mol. The van der Waals surface area contributed by atoms with Gasteiger partial charge in [-0.2, -0.15) is 4.98 Å². The minimum absolute atomic E-state index is 0.109. The second-order valence-corrected chi connectivity index (χ2v) is 9.51. The predicted molar refractivity (Wildman–Crippen MR) is 133 cm³/mol. The fourth-order valence-electron chi connectivity index (χ4n) is 4.03. The number of hydrogen-bond acceptors (Lipinski definition) is 5. The average Bonchev–Trinajstić information content (AvgIpc) is 3.31. The largest absolute Gasteiger partial charge is 0.334 e. The van der Waals surface area contributed by atoms with E-state index in [4.69, 9.17) is 9.51 Å². The number of urea groups is 1. The van der Waals surface area contributed by atoms with Gasteiger partial charge >= 0.3 is 6.03 Å². The van der Waals surface area contributed by atoms with Crippen LogP contribution in [0.1, 0.15) is 50.8 Å². The third kappa shape index (κ3) is 4.83. The van der Waals surface area contributed by atoms with Crippen LogP contribution in [-0.2, 0) is 6.42 Å². The summed E-state index contributed by atoms with van der Waals surface area (Å²) in [6.07, 6.45) is 3.01. The number of allylic oxidation sites excluding steroid dienone is 1. The van der Waals surface area contributed by atoms with Crippen LogP contribution in [-0.4, -0.2) is 33.9 Å². The maximum Gasteiger partial charge on any atom is 0.322 e. The van der Waals surface area contributed by atoms with E-state index in [-0.39, 0.29) is 12.1 Å². The molecule has 2 heterocycles. The Balaban J connectivity index is 1.77. The van der Waals surface area contributed by atoms with Gasteiger partial charge in [-0.15, -0.1) is 11.8 Å². The summed E-state index contributed by atoms with van der Waals surface area (Å²) in [5.41, 5.74) is 4.80. The molecule has 0 spiro atoms. The van der Waals surface area contributed by atoms with Crippen molar-refractivity contribution >= 4 is 23.4 Å². The highest BCUT2D eigenvalue weighted by Gasteiger charge is 2.35. The molecule has 33 heavy (non-hydrogen) atoms. The molecule has 0 bridgehead atoms. The van der Waals surface area contributed by atoms with E-state index in [0.29, 0.717) is 24.2 Å². The molecule has 6 nitrogen and oxygen atoms in total. The minimum atomic E-state index is -0.362. The van der Waals surface area contributed by atoms with Crippen LogP contribution in [0, 0.1) is 5.92 Å². The molecule has 2 amide bonds. The van der Waals surface area contributed by atoms with Crippen LogP contribution in [0.2, 0.25) is 0 Å². The monoisotopic (exact) mass is 462 g/mol. The summed E-state index contributed by atoms with van der Waals surface area (Å²) in [7, 11) is 0. The van der Waals surface area contributed by atoms with Crippen molar-refractivity contribution in [2.45, 2.75) is 45.1 Å². The van der Waals surface area contributed by atoms with Gasteiger partial charge in [0.25, 0.3) is 5.89 Å². The highest BCUT2D eigenvalue weighted by molar-refractivity contribution is 7.98. The third-order valence-corrected chi connectivity index (χ3v) is 6.61. The van der Waals surface area contributed by atoms with Gasteiger partial charge in [0, 0.05) is 22.7 Å². The smallest absolute Gasteiger partial charge is 0.322 e. The maximum atomic E-state index is 13.0. The number of thioether (sulfide) groups is 1. The number of rotatable bonds is 7. The lowest BCUT2D eigenvalue weighted by Gasteiger charge is -2.36. The summed E-state index contributed by atoms with van der Waals surface area (Å²) >= 11 is 1.69. The van der Waals surface area contributed by atoms with Crippen molar-refractivity contribution in [3.05, 3.63) is 71.2 Å². The summed E-state index contributed by atoms with van der Waals surface area (Å²) < 4.78 is 5.77. The molecule has 1 aromatic heterocycles. The Morgan fingerprint density at radius 2 is 1.82 bits per heavy atom. The molecule has 172 valence electrons. The zero-order valence-electron chi connectivity index (χ0n) is 19.8. The molecule has 1 N–H and O–H groups in total. The number of nitrogens with zero attached hydrogens (tertiary/aromatic N) is 3. The molecular formula is C26H30N4O2S. The molecule has 2 aromatic carbocycles. The van der Waals surface area contributed by atoms with Crippen molar-refractivity contribution in [3.8, 4) is 11.4 Å². The predicted octanol–water partition coefficient (Wildman–Crippen LogP) is 6.17. The summed E-state index contributed by atoms with van der Waals surface area (Å²) in [6.45, 7) is 8.89. The van der Waals surface area contributed by atoms with Gasteiger partial charge in [-0.05, 0) is 60.9 Å². The summed E-state index contributed by atoms with van der Waals surface area (Å²) in [4.78, 5) is 20.7. The van der Waals surface area contributed by atoms with Crippen molar-refractivity contribution in [1.29, 1.82) is 0 Å². The standard InChI is InChI=1S/C26H30N4O2S/c1-6-18-7-9-19(10-8-18)23-22(17(4)30(15-16(2)3)26(31)27-23)25-28-24(29-32-25)20-11-13-21(33-5)14-12-20/h7-14,16,23H,6,15H2,1-5H3,(H,27,31). The van der Waals surface area contributed by atoms with E-state index in [1.807, 2.05) is 37.4 Å². The van der Waals surface area contributed by atoms with E-state index in [1.54, 1.807) is 16.7 Å². The molecule has 1 aliphatic rings. The van der Waals surface area contributed by atoms with Gasteiger partial charge in [0.2, 0.25) is 5.82 Å². The lowest BCUT2D eigenvalue weighted by atomic mass is 9.93. The van der Waals surface area contributed by atoms with Crippen molar-refractivity contribution in [2.75, 3.05) is 12.8 Å². The topological polar surface area (TPSA) is 71.3 Å². The quantitative estimate of drug-likeness (QED) is 0.425. The number of carbonyl (C=O) groups excluding carboxylic acids is 1. The fourth-order valence-corrected chi connectivity index (χ4v) is 4.44. The first-order valence-corrected chi connectivity index (χ1v) is 12.5. The average molecular weight is 463 g/mol. The van der Waals surface area contributed by atoms with Crippen molar-refractivity contribution in [3.63, 3.8) is 0 Å². The number of hydrogen-bond donors (Lipinski definition) is 1. The van der Waals surface area contributed by atoms with Gasteiger partial charge in [-0.25, -0.2) is 4.79 Å². The molecule has 1 atom stereocenters. The molecule has 1 unspecified atom stereocenters. The normalized spacial score (nSPS) is 16.5. The van der Waals surface area contributed by atoms with Crippen LogP contribution in [0.25, 0.3) is 17.0 Å². The number of amides is 2. The molecule has 0 aliphatic carbocycles. The Kier molecular flexibility index (Phi) is 6.88. The SMILES string of the molecule is CCc1ccc(C2NC(=O)N(CC(C)C)C(C)=C2c2nc(-c3ccc(SC)cc3)no2)cc1. The van der Waals surface area contributed by atoms with E-state index in [0.717, 1.165) is 28.8 Å². The molecule has 0 saturated heterocycles. The molecule has 0 saturated carbocycles. The van der Waals surface area contributed by atoms with Crippen LogP contribution < -0.4 is 5.32 Å². The third-order valence-electron chi connectivity index (χ3n) is 5.87. The summed E-state index contributed by atoms with van der Waals surface area (Å²) in [5, 5.41) is 7.42. The number of aromatic nitrogens is 2. The lowest BCUT2D eigenvalue weighted by molar-refractivity contribution is 0.199. The first-order chi connectivity index (χ1) is 15.9. The number of carbonyl (C=O) groups is 1. The number of aryl methyl sites for hydroxylation is 1. The van der Waals surface area contributed by atoms with E-state index >= 15 is 0 Å². The van der Waals surface area contributed by atoms with Crippen molar-refractivity contribution in [1.82, 2.24) is 20.4 Å². The molecule has 0 radical (unpaired) electrons. The van der Waals surface area contributed by atoms with Crippen molar-refractivity contribution in [2.24, 2.45) is 5.92 Å². The van der Waals surface area contributed by atoms with Gasteiger partial charge in [0.15, 0.2) is 0 Å². The van der Waals surface area contributed by atoms with Crippen LogP contribution in [0.15, 0.2) is 63.6 Å². The van der Waals surface area contributed by atoms with Gasteiger partial charge in [0.1, 0.15) is 0 Å². The van der Waals surface area contributed by atoms with Crippen LogP contribution in [0.3, 0.4) is 0 Å². The minimum Gasteiger partial charge on any atom is -0.334 e. The van der Waals surface area contributed by atoms with Crippen LogP contribution in [0.4, 0.5) is 4.79 Å². The Hall–Kier alpha value is -3.06. The molecule has 4 rings (SSSR count). The first kappa shape index (κ1) is 23.1. The Morgan fingerprint density at radius 3 is 2.42 bits per heavy atom. The zero-order chi connectivity index (χ0) is 23.5. The van der Waals surface area contributed by atoms with Crippen molar-refractivity contribution < 1.29 is 9.32 Å². The van der Waals surface area contributed by atoms with Gasteiger partial charge in [-0.3, -0.25) is 4.90 Å². The summed E-state index contributed by atoms with van der Waals surface area (Å²) in [6, 6.07) is 15.9. The lowest BCUT2D eigenvalue weighted by Crippen LogP contribution is -2.47. The number of benzene rings is 2. The molecule has 1 aliphatic heterocycles. The van der Waals surface area contributed by atoms with E-state index in [2.05, 4.69) is 55.5 Å². The highest BCUT2D eigenvalue weighted by atomic mass is 32.2. The zero-order valence-corrected chi connectivity index (χ0v) is 20.6. The van der Waals surface area contributed by atoms with E-state index in [9.17, 15) is 4.79 Å². The van der Waals surface area contributed by atoms with Crippen LogP contribution >= 0.6 is 11.8 Å². The first-order valence-electron chi connectivity index (χ1n) is 11.3. The Morgan fingerprint density at radius 1 is 1.12 bits per heavy atom. The van der Waals surface area contributed by atoms with E-state index < -0.39 is 0 Å². The van der Waals surface area contributed by atoms with E-state index in [1.165, 1.54) is 10.5 Å². The molecule has 0 fully saturated rings. The van der Waals surface area contributed by atoms with Crippen LogP contribution in [0.5, 0.6) is 0 Å². The second kappa shape index (κ2) is 9.83. The Labute approximate surface area is 199 Å². The molecule has 3 aromatic rings. The maximum absolute atomic E-state index is 13.0. The summed E-state index contributed by atoms with van der Waals surface area (Å²) in [5.74, 6) is 1.28. The van der Waals surface area contributed by atoms with Gasteiger partial charge in [0.05, 0.1) is 11.6 Å².